The smallest absolute Gasteiger partial charge is 0.325 e. The highest BCUT2D eigenvalue weighted by Crippen LogP contribution is 2.33. The van der Waals surface area contributed by atoms with E-state index < -0.39 is 30.0 Å². The molecule has 0 unspecified atom stereocenters. The lowest BCUT2D eigenvalue weighted by Crippen LogP contribution is -2.22. The van der Waals surface area contributed by atoms with E-state index in [0.717, 1.165) is 23.8 Å². The van der Waals surface area contributed by atoms with Crippen molar-refractivity contribution in [3.8, 4) is 0 Å². The molecular formula is C19H18ClF3N2O2. The summed E-state index contributed by atoms with van der Waals surface area (Å²) in [5.41, 5.74) is 0.346. The van der Waals surface area contributed by atoms with Crippen molar-refractivity contribution in [3.05, 3.63) is 58.6 Å². The molecule has 0 bridgehead atoms. The number of para-hydroxylation sites is 1. The molecule has 0 heterocycles. The maximum Gasteiger partial charge on any atom is 0.416 e. The first kappa shape index (κ1) is 20.8. The van der Waals surface area contributed by atoms with Gasteiger partial charge in [-0.2, -0.15) is 13.2 Å². The molecule has 0 fully saturated rings. The molecule has 0 spiro atoms. The average Bonchev–Trinajstić information content (AvgIpc) is 2.55. The van der Waals surface area contributed by atoms with Crippen molar-refractivity contribution >= 4 is 34.8 Å². The van der Waals surface area contributed by atoms with Gasteiger partial charge >= 0.3 is 6.18 Å². The Morgan fingerprint density at radius 1 is 1.00 bits per heavy atom. The van der Waals surface area contributed by atoms with Crippen LogP contribution in [0.25, 0.3) is 0 Å². The fourth-order valence-corrected chi connectivity index (χ4v) is 2.61. The number of hydrogen-bond acceptors (Lipinski definition) is 2. The van der Waals surface area contributed by atoms with Crippen LogP contribution in [0.15, 0.2) is 42.5 Å². The summed E-state index contributed by atoms with van der Waals surface area (Å²) in [4.78, 5) is 24.1. The van der Waals surface area contributed by atoms with E-state index in [1.54, 1.807) is 12.1 Å². The standard InChI is InChI=1S/C19H18ClF3N2O2/c1-11(2)13-5-3-4-6-15(13)24-17(26)10-18(27)25-16-9-12(19(21,22)23)7-8-14(16)20/h3-9,11H,10H2,1-2H3,(H,24,26)(H,25,27). The molecule has 2 N–H and O–H groups in total. The minimum atomic E-state index is -4.57. The van der Waals surface area contributed by atoms with E-state index in [9.17, 15) is 22.8 Å². The van der Waals surface area contributed by atoms with Crippen molar-refractivity contribution in [2.45, 2.75) is 32.4 Å². The molecule has 0 saturated carbocycles. The highest BCUT2D eigenvalue weighted by Gasteiger charge is 2.31. The van der Waals surface area contributed by atoms with E-state index in [2.05, 4.69) is 10.6 Å². The Morgan fingerprint density at radius 2 is 1.59 bits per heavy atom. The van der Waals surface area contributed by atoms with E-state index in [0.29, 0.717) is 5.69 Å². The summed E-state index contributed by atoms with van der Waals surface area (Å²) in [7, 11) is 0. The zero-order chi connectivity index (χ0) is 20.2. The maximum absolute atomic E-state index is 12.8. The molecule has 2 rings (SSSR count). The minimum Gasteiger partial charge on any atom is -0.325 e. The van der Waals surface area contributed by atoms with Crippen LogP contribution in [0.3, 0.4) is 0 Å². The molecule has 2 aromatic carbocycles. The second-order valence-corrected chi connectivity index (χ2v) is 6.61. The third-order valence-electron chi connectivity index (χ3n) is 3.75. The Bertz CT molecular complexity index is 851. The molecular weight excluding hydrogens is 381 g/mol. The van der Waals surface area contributed by atoms with Crippen LogP contribution in [0.4, 0.5) is 24.5 Å². The van der Waals surface area contributed by atoms with Gasteiger partial charge in [0.2, 0.25) is 11.8 Å². The normalized spacial score (nSPS) is 11.4. The predicted octanol–water partition coefficient (Wildman–Crippen LogP) is 5.45. The van der Waals surface area contributed by atoms with Crippen molar-refractivity contribution in [1.82, 2.24) is 0 Å². The monoisotopic (exact) mass is 398 g/mol. The first-order valence-electron chi connectivity index (χ1n) is 8.13. The molecule has 2 amide bonds. The number of nitrogens with one attached hydrogen (secondary N) is 2. The fraction of sp³-hybridized carbons (Fsp3) is 0.263. The van der Waals surface area contributed by atoms with E-state index in [1.165, 1.54) is 0 Å². The zero-order valence-electron chi connectivity index (χ0n) is 14.7. The summed E-state index contributed by atoms with van der Waals surface area (Å²) in [5, 5.41) is 4.84. The van der Waals surface area contributed by atoms with E-state index in [1.807, 2.05) is 26.0 Å². The Balaban J connectivity index is 2.05. The SMILES string of the molecule is CC(C)c1ccccc1NC(=O)CC(=O)Nc1cc(C(F)(F)F)ccc1Cl. The van der Waals surface area contributed by atoms with Gasteiger partial charge in [-0.25, -0.2) is 0 Å². The number of carbonyl (C=O) groups excluding carboxylic acids is 2. The third kappa shape index (κ3) is 5.72. The molecule has 0 aliphatic heterocycles. The molecule has 27 heavy (non-hydrogen) atoms. The van der Waals surface area contributed by atoms with Gasteiger partial charge in [-0.1, -0.05) is 43.6 Å². The minimum absolute atomic E-state index is 0.0538. The number of amides is 2. The molecule has 0 radical (unpaired) electrons. The number of rotatable bonds is 5. The van der Waals surface area contributed by atoms with E-state index in [4.69, 9.17) is 11.6 Å². The van der Waals surface area contributed by atoms with Crippen molar-refractivity contribution in [2.75, 3.05) is 10.6 Å². The molecule has 8 heteroatoms. The van der Waals surface area contributed by atoms with Gasteiger partial charge in [-0.3, -0.25) is 9.59 Å². The number of hydrogen-bond donors (Lipinski definition) is 2. The number of carbonyl (C=O) groups is 2. The Hall–Kier alpha value is -2.54. The number of anilines is 2. The van der Waals surface area contributed by atoms with Crippen LogP contribution in [0, 0.1) is 0 Å². The zero-order valence-corrected chi connectivity index (χ0v) is 15.4. The highest BCUT2D eigenvalue weighted by molar-refractivity contribution is 6.33. The summed E-state index contributed by atoms with van der Waals surface area (Å²) in [6.45, 7) is 3.93. The predicted molar refractivity (Wildman–Crippen MR) is 98.9 cm³/mol. The van der Waals surface area contributed by atoms with Gasteiger partial charge in [0, 0.05) is 5.69 Å². The van der Waals surface area contributed by atoms with E-state index >= 15 is 0 Å². The lowest BCUT2D eigenvalue weighted by atomic mass is 10.0. The molecule has 0 atom stereocenters. The highest BCUT2D eigenvalue weighted by atomic mass is 35.5. The second kappa shape index (κ2) is 8.43. The number of halogens is 4. The first-order valence-corrected chi connectivity index (χ1v) is 8.51. The molecule has 0 aromatic heterocycles. The summed E-state index contributed by atoms with van der Waals surface area (Å²) in [6, 6.07) is 9.76. The molecule has 4 nitrogen and oxygen atoms in total. The number of benzene rings is 2. The van der Waals surface area contributed by atoms with Crippen molar-refractivity contribution < 1.29 is 22.8 Å². The number of alkyl halides is 3. The van der Waals surface area contributed by atoms with E-state index in [-0.39, 0.29) is 16.6 Å². The maximum atomic E-state index is 12.8. The van der Waals surface area contributed by atoms with Crippen molar-refractivity contribution in [2.24, 2.45) is 0 Å². The van der Waals surface area contributed by atoms with Crippen LogP contribution in [0.2, 0.25) is 5.02 Å². The second-order valence-electron chi connectivity index (χ2n) is 6.21. The third-order valence-corrected chi connectivity index (χ3v) is 4.08. The van der Waals surface area contributed by atoms with Gasteiger partial charge in [-0.05, 0) is 35.7 Å². The van der Waals surface area contributed by atoms with Crippen LogP contribution >= 0.6 is 11.6 Å². The Kier molecular flexibility index (Phi) is 6.49. The lowest BCUT2D eigenvalue weighted by Gasteiger charge is -2.14. The van der Waals surface area contributed by atoms with Gasteiger partial charge in [0.1, 0.15) is 6.42 Å². The molecule has 0 aliphatic carbocycles. The summed E-state index contributed by atoms with van der Waals surface area (Å²) < 4.78 is 38.3. The van der Waals surface area contributed by atoms with Gasteiger partial charge in [0.15, 0.2) is 0 Å². The van der Waals surface area contributed by atoms with Crippen LogP contribution in [-0.2, 0) is 15.8 Å². The lowest BCUT2D eigenvalue weighted by molar-refractivity contribution is -0.137. The largest absolute Gasteiger partial charge is 0.416 e. The van der Waals surface area contributed by atoms with Crippen LogP contribution < -0.4 is 10.6 Å². The van der Waals surface area contributed by atoms with Gasteiger partial charge in [-0.15, -0.1) is 0 Å². The molecule has 144 valence electrons. The van der Waals surface area contributed by atoms with Gasteiger partial charge in [0.05, 0.1) is 16.3 Å². The van der Waals surface area contributed by atoms with Crippen LogP contribution in [0.5, 0.6) is 0 Å². The first-order chi connectivity index (χ1) is 12.6. The fourth-order valence-electron chi connectivity index (χ4n) is 2.45. The topological polar surface area (TPSA) is 58.2 Å². The average molecular weight is 399 g/mol. The molecule has 0 saturated heterocycles. The summed E-state index contributed by atoms with van der Waals surface area (Å²) in [6.07, 6.45) is -5.12. The Morgan fingerprint density at radius 3 is 2.19 bits per heavy atom. The van der Waals surface area contributed by atoms with Crippen molar-refractivity contribution in [1.29, 1.82) is 0 Å². The molecule has 2 aromatic rings. The Labute approximate surface area is 159 Å². The molecule has 0 aliphatic rings. The van der Waals surface area contributed by atoms with Gasteiger partial charge in [0.25, 0.3) is 0 Å². The quantitative estimate of drug-likeness (QED) is 0.658. The summed E-state index contributed by atoms with van der Waals surface area (Å²) in [5.74, 6) is -1.18. The van der Waals surface area contributed by atoms with Crippen LogP contribution in [-0.4, -0.2) is 11.8 Å². The summed E-state index contributed by atoms with van der Waals surface area (Å²) >= 11 is 5.83. The van der Waals surface area contributed by atoms with Gasteiger partial charge < -0.3 is 10.6 Å². The van der Waals surface area contributed by atoms with Crippen LogP contribution in [0.1, 0.15) is 37.3 Å². The van der Waals surface area contributed by atoms with Crippen molar-refractivity contribution in [3.63, 3.8) is 0 Å².